The fourth-order valence-corrected chi connectivity index (χ4v) is 2.89. The van der Waals surface area contributed by atoms with Crippen molar-refractivity contribution in [2.75, 3.05) is 33.2 Å². The number of rotatable bonds is 5. The molecule has 0 radical (unpaired) electrons. The molecule has 1 saturated heterocycles. The molecule has 0 aliphatic carbocycles. The van der Waals surface area contributed by atoms with E-state index in [0.29, 0.717) is 32.6 Å². The van der Waals surface area contributed by atoms with Gasteiger partial charge in [0.2, 0.25) is 0 Å². The Hall–Kier alpha value is -1.76. The molecule has 7 heteroatoms. The normalized spacial score (nSPS) is 19.5. The summed E-state index contributed by atoms with van der Waals surface area (Å²) in [7, 11) is 1.94. The number of hydrogen-bond acceptors (Lipinski definition) is 2. The van der Waals surface area contributed by atoms with Crippen molar-refractivity contribution in [3.8, 4) is 0 Å². The molecule has 1 heterocycles. The summed E-state index contributed by atoms with van der Waals surface area (Å²) in [5, 5.41) is 3.32. The molecule has 1 aliphatic heterocycles. The molecule has 134 valence electrons. The van der Waals surface area contributed by atoms with Gasteiger partial charge in [0.15, 0.2) is 5.96 Å². The summed E-state index contributed by atoms with van der Waals surface area (Å²) >= 11 is 0. The molecule has 1 N–H and O–H groups in total. The monoisotopic (exact) mass is 342 g/mol. The van der Waals surface area contributed by atoms with Gasteiger partial charge in [-0.1, -0.05) is 30.3 Å². The van der Waals surface area contributed by atoms with Gasteiger partial charge in [-0.15, -0.1) is 0 Å². The number of halogens is 3. The van der Waals surface area contributed by atoms with Crippen molar-refractivity contribution in [3.63, 3.8) is 0 Å². The molecule has 2 rings (SSSR count). The Morgan fingerprint density at radius 2 is 2.04 bits per heavy atom. The Bertz CT molecular complexity index is 530. The van der Waals surface area contributed by atoms with Crippen LogP contribution in [0.25, 0.3) is 0 Å². The highest BCUT2D eigenvalue weighted by molar-refractivity contribution is 5.80. The second kappa shape index (κ2) is 8.37. The molecule has 1 fully saturated rings. The average molecular weight is 342 g/mol. The van der Waals surface area contributed by atoms with Gasteiger partial charge in [0.1, 0.15) is 0 Å². The molecule has 1 aromatic carbocycles. The van der Waals surface area contributed by atoms with Crippen LogP contribution in [-0.4, -0.2) is 61.2 Å². The third kappa shape index (κ3) is 6.03. The first-order chi connectivity index (χ1) is 11.4. The molecule has 0 amide bonds. The van der Waals surface area contributed by atoms with Gasteiger partial charge < -0.3 is 10.2 Å². The molecule has 0 bridgehead atoms. The van der Waals surface area contributed by atoms with Crippen LogP contribution < -0.4 is 5.32 Å². The zero-order valence-corrected chi connectivity index (χ0v) is 14.2. The maximum Gasteiger partial charge on any atom is 0.401 e. The summed E-state index contributed by atoms with van der Waals surface area (Å²) in [6.07, 6.45) is -3.45. The number of guanidine groups is 1. The maximum absolute atomic E-state index is 12.5. The van der Waals surface area contributed by atoms with Gasteiger partial charge >= 0.3 is 6.18 Å². The van der Waals surface area contributed by atoms with Gasteiger partial charge in [-0.3, -0.25) is 9.89 Å². The minimum Gasteiger partial charge on any atom is -0.352 e. The molecule has 1 atom stereocenters. The number of benzene rings is 1. The summed E-state index contributed by atoms with van der Waals surface area (Å²) < 4.78 is 37.5. The highest BCUT2D eigenvalue weighted by Crippen LogP contribution is 2.20. The van der Waals surface area contributed by atoms with Crippen LogP contribution in [0.1, 0.15) is 18.9 Å². The Kier molecular flexibility index (Phi) is 6.48. The van der Waals surface area contributed by atoms with Crippen LogP contribution in [0.2, 0.25) is 0 Å². The number of hydrogen-bond donors (Lipinski definition) is 1. The van der Waals surface area contributed by atoms with Crippen LogP contribution in [0.5, 0.6) is 0 Å². The van der Waals surface area contributed by atoms with E-state index in [1.807, 2.05) is 49.2 Å². The van der Waals surface area contributed by atoms with Gasteiger partial charge in [0.05, 0.1) is 6.54 Å². The molecule has 24 heavy (non-hydrogen) atoms. The summed E-state index contributed by atoms with van der Waals surface area (Å²) in [6, 6.07) is 10.0. The SMILES string of the molecule is CCN=C(NC1CCN(CC(F)(F)F)C1)N(C)Cc1ccccc1. The van der Waals surface area contributed by atoms with Crippen LogP contribution >= 0.6 is 0 Å². The van der Waals surface area contributed by atoms with Gasteiger partial charge in [-0.25, -0.2) is 0 Å². The van der Waals surface area contributed by atoms with E-state index in [4.69, 9.17) is 0 Å². The molecule has 0 spiro atoms. The first kappa shape index (κ1) is 18.6. The predicted octanol–water partition coefficient (Wildman–Crippen LogP) is 2.72. The van der Waals surface area contributed by atoms with Crippen LogP contribution in [0.15, 0.2) is 35.3 Å². The predicted molar refractivity (Wildman–Crippen MR) is 89.9 cm³/mol. The first-order valence-electron chi connectivity index (χ1n) is 8.22. The minimum atomic E-state index is -4.14. The largest absolute Gasteiger partial charge is 0.401 e. The first-order valence-corrected chi connectivity index (χ1v) is 8.22. The summed E-state index contributed by atoms with van der Waals surface area (Å²) in [6.45, 7) is 3.28. The van der Waals surface area contributed by atoms with Gasteiger partial charge in [-0.2, -0.15) is 13.2 Å². The third-order valence-corrected chi connectivity index (χ3v) is 3.94. The van der Waals surface area contributed by atoms with Crippen molar-refractivity contribution in [2.45, 2.75) is 32.1 Å². The Morgan fingerprint density at radius 1 is 1.33 bits per heavy atom. The van der Waals surface area contributed by atoms with E-state index < -0.39 is 12.7 Å². The van der Waals surface area contributed by atoms with Gasteiger partial charge in [-0.05, 0) is 18.9 Å². The quantitative estimate of drug-likeness (QED) is 0.659. The molecule has 0 saturated carbocycles. The minimum absolute atomic E-state index is 0.00382. The molecule has 0 aromatic heterocycles. The summed E-state index contributed by atoms with van der Waals surface area (Å²) in [4.78, 5) is 7.92. The molecule has 1 aliphatic rings. The molecule has 4 nitrogen and oxygen atoms in total. The van der Waals surface area contributed by atoms with Gasteiger partial charge in [0, 0.05) is 39.3 Å². The lowest BCUT2D eigenvalue weighted by molar-refractivity contribution is -0.143. The van der Waals surface area contributed by atoms with Crippen molar-refractivity contribution in [3.05, 3.63) is 35.9 Å². The molecule has 1 aromatic rings. The number of likely N-dealkylation sites (tertiary alicyclic amines) is 1. The number of alkyl halides is 3. The van der Waals surface area contributed by atoms with E-state index in [2.05, 4.69) is 10.3 Å². The van der Waals surface area contributed by atoms with E-state index in [-0.39, 0.29) is 6.04 Å². The average Bonchev–Trinajstić information content (AvgIpc) is 2.93. The Morgan fingerprint density at radius 3 is 2.67 bits per heavy atom. The van der Waals surface area contributed by atoms with Crippen molar-refractivity contribution >= 4 is 5.96 Å². The van der Waals surface area contributed by atoms with Crippen molar-refractivity contribution in [1.29, 1.82) is 0 Å². The van der Waals surface area contributed by atoms with E-state index in [9.17, 15) is 13.2 Å². The zero-order chi connectivity index (χ0) is 17.6. The fraction of sp³-hybridized carbons (Fsp3) is 0.588. The van der Waals surface area contributed by atoms with E-state index in [0.717, 1.165) is 11.5 Å². The van der Waals surface area contributed by atoms with Crippen molar-refractivity contribution in [1.82, 2.24) is 15.1 Å². The smallest absolute Gasteiger partial charge is 0.352 e. The highest BCUT2D eigenvalue weighted by atomic mass is 19.4. The third-order valence-electron chi connectivity index (χ3n) is 3.94. The van der Waals surface area contributed by atoms with Gasteiger partial charge in [0.25, 0.3) is 0 Å². The topological polar surface area (TPSA) is 30.9 Å². The van der Waals surface area contributed by atoms with E-state index in [1.54, 1.807) is 0 Å². The lowest BCUT2D eigenvalue weighted by atomic mass is 10.2. The van der Waals surface area contributed by atoms with Crippen molar-refractivity contribution < 1.29 is 13.2 Å². The number of nitrogens with zero attached hydrogens (tertiary/aromatic N) is 3. The maximum atomic E-state index is 12.5. The Labute approximate surface area is 141 Å². The highest BCUT2D eigenvalue weighted by Gasteiger charge is 2.34. The summed E-state index contributed by atoms with van der Waals surface area (Å²) in [5.41, 5.74) is 1.16. The lowest BCUT2D eigenvalue weighted by Gasteiger charge is -2.26. The van der Waals surface area contributed by atoms with Crippen LogP contribution in [0.4, 0.5) is 13.2 Å². The molecular weight excluding hydrogens is 317 g/mol. The van der Waals surface area contributed by atoms with Crippen LogP contribution in [0, 0.1) is 0 Å². The summed E-state index contributed by atoms with van der Waals surface area (Å²) in [5.74, 6) is 0.736. The lowest BCUT2D eigenvalue weighted by Crippen LogP contribution is -2.45. The van der Waals surface area contributed by atoms with E-state index >= 15 is 0 Å². The van der Waals surface area contributed by atoms with Crippen LogP contribution in [0.3, 0.4) is 0 Å². The fourth-order valence-electron chi connectivity index (χ4n) is 2.89. The van der Waals surface area contributed by atoms with E-state index in [1.165, 1.54) is 4.90 Å². The second-order valence-corrected chi connectivity index (χ2v) is 6.12. The second-order valence-electron chi connectivity index (χ2n) is 6.12. The molecule has 1 unspecified atom stereocenters. The molecular formula is C17H25F3N4. The number of nitrogens with one attached hydrogen (secondary N) is 1. The zero-order valence-electron chi connectivity index (χ0n) is 14.2. The van der Waals surface area contributed by atoms with Crippen LogP contribution in [-0.2, 0) is 6.54 Å². The Balaban J connectivity index is 1.91. The number of aliphatic imine (C=N–C) groups is 1. The van der Waals surface area contributed by atoms with Crippen molar-refractivity contribution in [2.24, 2.45) is 4.99 Å². The standard InChI is InChI=1S/C17H25F3N4/c1-3-21-16(23(2)11-14-7-5-4-6-8-14)22-15-9-10-24(12-15)13-17(18,19)20/h4-8,15H,3,9-13H2,1-2H3,(H,21,22).